The summed E-state index contributed by atoms with van der Waals surface area (Å²) in [5.41, 5.74) is 5.55. The van der Waals surface area contributed by atoms with Crippen molar-refractivity contribution in [3.63, 3.8) is 0 Å². The molecule has 0 aliphatic heterocycles. The van der Waals surface area contributed by atoms with Gasteiger partial charge < -0.3 is 10.8 Å². The average molecular weight is 145 g/mol. The minimum Gasteiger partial charge on any atom is -0.506 e. The molecular weight excluding hydrogens is 140 g/mol. The Labute approximate surface area is 57.1 Å². The molecule has 0 radical (unpaired) electrons. The summed E-state index contributed by atoms with van der Waals surface area (Å²) in [5.74, 6) is 0.0249. The summed E-state index contributed by atoms with van der Waals surface area (Å²) in [7, 11) is 0. The normalized spacial score (nSPS) is 9.44. The second kappa shape index (κ2) is 2.11. The van der Waals surface area contributed by atoms with Crippen molar-refractivity contribution in [1.29, 1.82) is 0 Å². The fourth-order valence-electron chi connectivity index (χ4n) is 0.453. The number of aromatic hydroxyl groups is 1. The van der Waals surface area contributed by atoms with Gasteiger partial charge in [0.05, 0.1) is 11.9 Å². The van der Waals surface area contributed by atoms with Gasteiger partial charge in [-0.3, -0.25) is 0 Å². The number of halogens is 1. The van der Waals surface area contributed by atoms with Crippen molar-refractivity contribution < 1.29 is 5.11 Å². The zero-order valence-corrected chi connectivity index (χ0v) is 5.26. The number of nitrogens with two attached hydrogens (primary N) is 1. The van der Waals surface area contributed by atoms with Gasteiger partial charge in [-0.25, -0.2) is 4.98 Å². The van der Waals surface area contributed by atoms with Crippen LogP contribution in [0.1, 0.15) is 0 Å². The van der Waals surface area contributed by atoms with Crippen molar-refractivity contribution in [2.75, 3.05) is 5.73 Å². The molecule has 0 unspecified atom stereocenters. The third-order valence-corrected chi connectivity index (χ3v) is 1.17. The first kappa shape index (κ1) is 6.16. The molecule has 3 nitrogen and oxygen atoms in total. The first-order chi connectivity index (χ1) is 4.20. The molecule has 0 saturated heterocycles. The van der Waals surface area contributed by atoms with E-state index in [0.29, 0.717) is 0 Å². The Morgan fingerprint density at radius 1 is 1.67 bits per heavy atom. The SMILES string of the molecule is Nc1cc(O)cnc1Cl. The summed E-state index contributed by atoms with van der Waals surface area (Å²) in [5, 5.41) is 8.95. The van der Waals surface area contributed by atoms with Crippen molar-refractivity contribution in [3.8, 4) is 5.75 Å². The molecule has 1 heterocycles. The molecule has 1 rings (SSSR count). The molecule has 0 spiro atoms. The van der Waals surface area contributed by atoms with Crippen LogP contribution in [-0.2, 0) is 0 Å². The van der Waals surface area contributed by atoms with Crippen LogP contribution in [0.15, 0.2) is 12.3 Å². The molecule has 0 aromatic carbocycles. The maximum absolute atomic E-state index is 8.74. The minimum atomic E-state index is 0.0249. The summed E-state index contributed by atoms with van der Waals surface area (Å²) in [6.07, 6.45) is 1.23. The monoisotopic (exact) mass is 144 g/mol. The molecule has 0 fully saturated rings. The molecule has 0 bridgehead atoms. The summed E-state index contributed by atoms with van der Waals surface area (Å²) in [6, 6.07) is 1.34. The van der Waals surface area contributed by atoms with E-state index in [2.05, 4.69) is 4.98 Å². The number of aromatic nitrogens is 1. The van der Waals surface area contributed by atoms with E-state index in [1.54, 1.807) is 0 Å². The maximum Gasteiger partial charge on any atom is 0.152 e. The van der Waals surface area contributed by atoms with Crippen LogP contribution in [0.3, 0.4) is 0 Å². The van der Waals surface area contributed by atoms with Crippen molar-refractivity contribution >= 4 is 17.3 Å². The lowest BCUT2D eigenvalue weighted by Gasteiger charge is -1.94. The third kappa shape index (κ3) is 1.23. The van der Waals surface area contributed by atoms with Gasteiger partial charge in [0.25, 0.3) is 0 Å². The van der Waals surface area contributed by atoms with E-state index in [1.165, 1.54) is 12.3 Å². The van der Waals surface area contributed by atoms with E-state index in [-0.39, 0.29) is 16.6 Å². The summed E-state index contributed by atoms with van der Waals surface area (Å²) in [4.78, 5) is 3.57. The molecule has 0 aliphatic carbocycles. The van der Waals surface area contributed by atoms with Crippen LogP contribution >= 0.6 is 11.6 Å². The molecular formula is C5H5ClN2O. The fourth-order valence-corrected chi connectivity index (χ4v) is 0.557. The first-order valence-electron chi connectivity index (χ1n) is 2.30. The van der Waals surface area contributed by atoms with Crippen molar-refractivity contribution in [3.05, 3.63) is 17.4 Å². The second-order valence-electron chi connectivity index (χ2n) is 1.57. The van der Waals surface area contributed by atoms with Gasteiger partial charge in [0.15, 0.2) is 5.15 Å². The number of nitrogen functional groups attached to an aromatic ring is 1. The molecule has 0 saturated carbocycles. The lowest BCUT2D eigenvalue weighted by Crippen LogP contribution is -1.87. The Bertz CT molecular complexity index is 226. The largest absolute Gasteiger partial charge is 0.506 e. The molecule has 0 amide bonds. The lowest BCUT2D eigenvalue weighted by atomic mass is 10.4. The summed E-state index contributed by atoms with van der Waals surface area (Å²) < 4.78 is 0. The van der Waals surface area contributed by atoms with Crippen molar-refractivity contribution in [2.24, 2.45) is 0 Å². The number of rotatable bonds is 0. The minimum absolute atomic E-state index is 0.0249. The molecule has 0 atom stereocenters. The Morgan fingerprint density at radius 3 is 2.78 bits per heavy atom. The van der Waals surface area contributed by atoms with Crippen LogP contribution in [0, 0.1) is 0 Å². The number of anilines is 1. The van der Waals surface area contributed by atoms with Crippen molar-refractivity contribution in [2.45, 2.75) is 0 Å². The highest BCUT2D eigenvalue weighted by atomic mass is 35.5. The Balaban J connectivity index is 3.17. The molecule has 1 aromatic rings. The van der Waals surface area contributed by atoms with E-state index in [4.69, 9.17) is 22.4 Å². The van der Waals surface area contributed by atoms with E-state index in [0.717, 1.165) is 0 Å². The molecule has 9 heavy (non-hydrogen) atoms. The number of pyridine rings is 1. The highest BCUT2D eigenvalue weighted by Gasteiger charge is 1.95. The quantitative estimate of drug-likeness (QED) is 0.535. The summed E-state index contributed by atoms with van der Waals surface area (Å²) >= 11 is 5.43. The molecule has 1 aromatic heterocycles. The molecule has 4 heteroatoms. The zero-order valence-electron chi connectivity index (χ0n) is 4.50. The highest BCUT2D eigenvalue weighted by Crippen LogP contribution is 2.18. The number of hydrogen-bond acceptors (Lipinski definition) is 3. The van der Waals surface area contributed by atoms with Crippen LogP contribution in [0.4, 0.5) is 5.69 Å². The van der Waals surface area contributed by atoms with Crippen LogP contribution in [-0.4, -0.2) is 10.1 Å². The number of hydrogen-bond donors (Lipinski definition) is 2. The van der Waals surface area contributed by atoms with Gasteiger partial charge in [-0.15, -0.1) is 0 Å². The van der Waals surface area contributed by atoms with Crippen LogP contribution in [0.5, 0.6) is 5.75 Å². The predicted octanol–water partition coefficient (Wildman–Crippen LogP) is 1.02. The molecule has 0 aliphatic rings. The van der Waals surface area contributed by atoms with Crippen LogP contribution in [0.2, 0.25) is 5.15 Å². The fraction of sp³-hybridized carbons (Fsp3) is 0. The van der Waals surface area contributed by atoms with Gasteiger partial charge in [-0.05, 0) is 0 Å². The first-order valence-corrected chi connectivity index (χ1v) is 2.68. The average Bonchev–Trinajstić information content (AvgIpc) is 1.80. The van der Waals surface area contributed by atoms with Crippen LogP contribution < -0.4 is 5.73 Å². The zero-order chi connectivity index (χ0) is 6.85. The highest BCUT2D eigenvalue weighted by molar-refractivity contribution is 6.31. The topological polar surface area (TPSA) is 59.1 Å². The van der Waals surface area contributed by atoms with Gasteiger partial charge in [0.1, 0.15) is 5.75 Å². The third-order valence-electron chi connectivity index (χ3n) is 0.852. The maximum atomic E-state index is 8.74. The Morgan fingerprint density at radius 2 is 2.33 bits per heavy atom. The lowest BCUT2D eigenvalue weighted by molar-refractivity contribution is 0.473. The van der Waals surface area contributed by atoms with Gasteiger partial charge in [-0.1, -0.05) is 11.6 Å². The van der Waals surface area contributed by atoms with Gasteiger partial charge >= 0.3 is 0 Å². The van der Waals surface area contributed by atoms with E-state index >= 15 is 0 Å². The van der Waals surface area contributed by atoms with E-state index in [9.17, 15) is 0 Å². The number of nitrogens with zero attached hydrogens (tertiary/aromatic N) is 1. The smallest absolute Gasteiger partial charge is 0.152 e. The standard InChI is InChI=1S/C5H5ClN2O/c6-5-4(7)1-3(9)2-8-5/h1-2,9H,7H2. The van der Waals surface area contributed by atoms with Crippen molar-refractivity contribution in [1.82, 2.24) is 4.98 Å². The van der Waals surface area contributed by atoms with Gasteiger partial charge in [-0.2, -0.15) is 0 Å². The Hall–Kier alpha value is -0.960. The van der Waals surface area contributed by atoms with E-state index in [1.807, 2.05) is 0 Å². The molecule has 48 valence electrons. The van der Waals surface area contributed by atoms with Crippen LogP contribution in [0.25, 0.3) is 0 Å². The van der Waals surface area contributed by atoms with E-state index < -0.39 is 0 Å². The summed E-state index contributed by atoms with van der Waals surface area (Å²) in [6.45, 7) is 0. The van der Waals surface area contributed by atoms with Gasteiger partial charge in [0, 0.05) is 6.07 Å². The Kier molecular flexibility index (Phi) is 1.44. The molecule has 3 N–H and O–H groups in total. The second-order valence-corrected chi connectivity index (χ2v) is 1.93. The van der Waals surface area contributed by atoms with Gasteiger partial charge in [0.2, 0.25) is 0 Å². The predicted molar refractivity (Wildman–Crippen MR) is 35.3 cm³/mol.